The van der Waals surface area contributed by atoms with Crippen molar-refractivity contribution in [3.63, 3.8) is 0 Å². The second-order valence-corrected chi connectivity index (χ2v) is 5.66. The Labute approximate surface area is 128 Å². The molecule has 0 unspecified atom stereocenters. The lowest BCUT2D eigenvalue weighted by Gasteiger charge is -2.11. The number of rotatable bonds is 2. The third-order valence-corrected chi connectivity index (χ3v) is 3.75. The van der Waals surface area contributed by atoms with Crippen LogP contribution in [0.3, 0.4) is 0 Å². The van der Waals surface area contributed by atoms with Crippen molar-refractivity contribution in [2.75, 3.05) is 5.32 Å². The van der Waals surface area contributed by atoms with Gasteiger partial charge in [0.05, 0.1) is 0 Å². The van der Waals surface area contributed by atoms with Gasteiger partial charge in [0.2, 0.25) is 0 Å². The van der Waals surface area contributed by atoms with E-state index in [4.69, 9.17) is 23.2 Å². The van der Waals surface area contributed by atoms with Crippen LogP contribution >= 0.6 is 23.2 Å². The molecule has 0 aliphatic heterocycles. The van der Waals surface area contributed by atoms with Crippen LogP contribution in [0.5, 0.6) is 0 Å². The molecule has 0 bridgehead atoms. The predicted octanol–water partition coefficient (Wildman–Crippen LogP) is 6.20. The van der Waals surface area contributed by atoms with E-state index in [-0.39, 0.29) is 0 Å². The Morgan fingerprint density at radius 2 is 1.45 bits per heavy atom. The van der Waals surface area contributed by atoms with E-state index in [0.29, 0.717) is 0 Å². The van der Waals surface area contributed by atoms with Crippen LogP contribution < -0.4 is 5.32 Å². The fraction of sp³-hybridized carbons (Fsp3) is 0.0588. The van der Waals surface area contributed by atoms with Crippen molar-refractivity contribution < 1.29 is 0 Å². The van der Waals surface area contributed by atoms with Crippen molar-refractivity contribution in [2.45, 2.75) is 6.92 Å². The fourth-order valence-electron chi connectivity index (χ4n) is 2.18. The van der Waals surface area contributed by atoms with Crippen molar-refractivity contribution >= 4 is 45.3 Å². The topological polar surface area (TPSA) is 12.0 Å². The Hall–Kier alpha value is -1.70. The van der Waals surface area contributed by atoms with Gasteiger partial charge in [0.15, 0.2) is 0 Å². The molecular weight excluding hydrogens is 289 g/mol. The van der Waals surface area contributed by atoms with Gasteiger partial charge in [0, 0.05) is 21.4 Å². The smallest absolute Gasteiger partial charge is 0.0428 e. The van der Waals surface area contributed by atoms with Gasteiger partial charge in [0.1, 0.15) is 0 Å². The highest BCUT2D eigenvalue weighted by Gasteiger charge is 2.02. The van der Waals surface area contributed by atoms with Crippen molar-refractivity contribution in [1.82, 2.24) is 0 Å². The zero-order valence-corrected chi connectivity index (χ0v) is 12.5. The maximum absolute atomic E-state index is 6.04. The lowest BCUT2D eigenvalue weighted by Crippen LogP contribution is -1.93. The van der Waals surface area contributed by atoms with Gasteiger partial charge in [-0.1, -0.05) is 41.4 Å². The van der Waals surface area contributed by atoms with Crippen LogP contribution in [0.4, 0.5) is 11.4 Å². The molecule has 0 aliphatic carbocycles. The molecule has 20 heavy (non-hydrogen) atoms. The Morgan fingerprint density at radius 3 is 2.30 bits per heavy atom. The van der Waals surface area contributed by atoms with E-state index in [9.17, 15) is 0 Å². The first kappa shape index (κ1) is 13.3. The van der Waals surface area contributed by atoms with E-state index in [1.165, 1.54) is 5.39 Å². The monoisotopic (exact) mass is 301 g/mol. The second kappa shape index (κ2) is 5.35. The summed E-state index contributed by atoms with van der Waals surface area (Å²) in [6, 6.07) is 17.9. The normalized spacial score (nSPS) is 10.8. The van der Waals surface area contributed by atoms with Crippen LogP contribution in [0.1, 0.15) is 5.56 Å². The SMILES string of the molecule is Cc1ccc(Cl)cc1Nc1ccc2ccc(Cl)cc2c1. The lowest BCUT2D eigenvalue weighted by atomic mass is 10.1. The summed E-state index contributed by atoms with van der Waals surface area (Å²) in [7, 11) is 0. The van der Waals surface area contributed by atoms with Gasteiger partial charge in [-0.05, 0) is 59.7 Å². The molecule has 3 aromatic rings. The van der Waals surface area contributed by atoms with Gasteiger partial charge >= 0.3 is 0 Å². The Morgan fingerprint density at radius 1 is 0.750 bits per heavy atom. The number of nitrogens with one attached hydrogen (secondary N) is 1. The van der Waals surface area contributed by atoms with Crippen molar-refractivity contribution in [3.05, 3.63) is 70.2 Å². The highest BCUT2D eigenvalue weighted by atomic mass is 35.5. The summed E-state index contributed by atoms with van der Waals surface area (Å²) in [4.78, 5) is 0. The van der Waals surface area contributed by atoms with Crippen LogP contribution in [0.2, 0.25) is 10.0 Å². The predicted molar refractivity (Wildman–Crippen MR) is 88.4 cm³/mol. The third kappa shape index (κ3) is 2.74. The number of halogens is 2. The molecule has 0 fully saturated rings. The van der Waals surface area contributed by atoms with Gasteiger partial charge < -0.3 is 5.32 Å². The molecule has 0 atom stereocenters. The van der Waals surface area contributed by atoms with Crippen LogP contribution in [0.25, 0.3) is 10.8 Å². The average molecular weight is 302 g/mol. The van der Waals surface area contributed by atoms with E-state index in [2.05, 4.69) is 30.4 Å². The molecule has 1 N–H and O–H groups in total. The summed E-state index contributed by atoms with van der Waals surface area (Å²) < 4.78 is 0. The molecule has 0 saturated carbocycles. The molecule has 1 nitrogen and oxygen atoms in total. The summed E-state index contributed by atoms with van der Waals surface area (Å²) in [6.07, 6.45) is 0. The Balaban J connectivity index is 2.00. The molecule has 0 heterocycles. The summed E-state index contributed by atoms with van der Waals surface area (Å²) in [5.74, 6) is 0. The van der Waals surface area contributed by atoms with Crippen LogP contribution in [0.15, 0.2) is 54.6 Å². The summed E-state index contributed by atoms with van der Waals surface area (Å²) in [6.45, 7) is 2.05. The summed E-state index contributed by atoms with van der Waals surface area (Å²) >= 11 is 12.1. The standard InChI is InChI=1S/C17H13Cl2N/c1-11-2-5-15(19)10-17(11)20-16-7-4-12-3-6-14(18)8-13(12)9-16/h2-10,20H,1H3. The molecule has 0 amide bonds. The van der Waals surface area contributed by atoms with Crippen molar-refractivity contribution in [1.29, 1.82) is 0 Å². The lowest BCUT2D eigenvalue weighted by molar-refractivity contribution is 1.43. The zero-order valence-electron chi connectivity index (χ0n) is 11.0. The number of hydrogen-bond donors (Lipinski definition) is 1. The van der Waals surface area contributed by atoms with E-state index in [1.807, 2.05) is 36.4 Å². The summed E-state index contributed by atoms with van der Waals surface area (Å²) in [5, 5.41) is 7.15. The van der Waals surface area contributed by atoms with Crippen LogP contribution in [-0.4, -0.2) is 0 Å². The molecule has 0 aromatic heterocycles. The Bertz CT molecular complexity index is 781. The number of fused-ring (bicyclic) bond motifs is 1. The first-order valence-electron chi connectivity index (χ1n) is 6.34. The minimum atomic E-state index is 0.724. The Kier molecular flexibility index (Phi) is 3.56. The van der Waals surface area contributed by atoms with Gasteiger partial charge in [-0.15, -0.1) is 0 Å². The summed E-state index contributed by atoms with van der Waals surface area (Å²) in [5.41, 5.74) is 3.18. The number of hydrogen-bond acceptors (Lipinski definition) is 1. The van der Waals surface area contributed by atoms with E-state index in [1.54, 1.807) is 0 Å². The fourth-order valence-corrected chi connectivity index (χ4v) is 2.53. The number of benzene rings is 3. The highest BCUT2D eigenvalue weighted by Crippen LogP contribution is 2.27. The quantitative estimate of drug-likeness (QED) is 0.594. The molecular formula is C17H13Cl2N. The molecule has 3 heteroatoms. The second-order valence-electron chi connectivity index (χ2n) is 4.79. The van der Waals surface area contributed by atoms with E-state index >= 15 is 0 Å². The van der Waals surface area contributed by atoms with Crippen molar-refractivity contribution in [3.8, 4) is 0 Å². The molecule has 0 spiro atoms. The highest BCUT2D eigenvalue weighted by molar-refractivity contribution is 6.31. The van der Waals surface area contributed by atoms with Crippen LogP contribution in [0, 0.1) is 6.92 Å². The average Bonchev–Trinajstić information content (AvgIpc) is 2.42. The van der Waals surface area contributed by atoms with Gasteiger partial charge in [-0.2, -0.15) is 0 Å². The van der Waals surface area contributed by atoms with E-state index < -0.39 is 0 Å². The van der Waals surface area contributed by atoms with Crippen LogP contribution in [-0.2, 0) is 0 Å². The minimum Gasteiger partial charge on any atom is -0.355 e. The number of aryl methyl sites for hydroxylation is 1. The molecule has 3 rings (SSSR count). The first-order chi connectivity index (χ1) is 9.61. The van der Waals surface area contributed by atoms with Crippen molar-refractivity contribution in [2.24, 2.45) is 0 Å². The minimum absolute atomic E-state index is 0.724. The zero-order chi connectivity index (χ0) is 14.1. The van der Waals surface area contributed by atoms with Gasteiger partial charge in [-0.3, -0.25) is 0 Å². The van der Waals surface area contributed by atoms with Gasteiger partial charge in [-0.25, -0.2) is 0 Å². The number of anilines is 2. The molecule has 0 aliphatic rings. The third-order valence-electron chi connectivity index (χ3n) is 3.28. The largest absolute Gasteiger partial charge is 0.355 e. The van der Waals surface area contributed by atoms with E-state index in [0.717, 1.165) is 32.4 Å². The molecule has 3 aromatic carbocycles. The molecule has 100 valence electrons. The molecule has 0 radical (unpaired) electrons. The first-order valence-corrected chi connectivity index (χ1v) is 7.10. The maximum atomic E-state index is 6.04. The molecule has 0 saturated heterocycles. The van der Waals surface area contributed by atoms with Gasteiger partial charge in [0.25, 0.3) is 0 Å². The maximum Gasteiger partial charge on any atom is 0.0428 e.